The van der Waals surface area contributed by atoms with Crippen LogP contribution in [-0.4, -0.2) is 24.8 Å². The number of hydrogen-bond acceptors (Lipinski definition) is 3. The Morgan fingerprint density at radius 3 is 2.48 bits per heavy atom. The monoisotopic (exact) mass is 337 g/mol. The molecule has 25 heavy (non-hydrogen) atoms. The van der Waals surface area contributed by atoms with Crippen molar-refractivity contribution in [2.75, 3.05) is 13.2 Å². The van der Waals surface area contributed by atoms with Gasteiger partial charge in [0.15, 0.2) is 12.4 Å². The van der Waals surface area contributed by atoms with Crippen LogP contribution in [-0.2, 0) is 10.2 Å². The summed E-state index contributed by atoms with van der Waals surface area (Å²) in [5.74, 6) is 0.365. The van der Waals surface area contributed by atoms with Crippen molar-refractivity contribution >= 4 is 11.7 Å². The smallest absolute Gasteiger partial charge is 0.257 e. The summed E-state index contributed by atoms with van der Waals surface area (Å²) in [6.45, 7) is 2.09. The number of carbonyl (C=O) groups excluding carboxylic acids is 2. The van der Waals surface area contributed by atoms with Crippen molar-refractivity contribution in [3.05, 3.63) is 65.7 Å². The molecule has 1 N–H and O–H groups in total. The van der Waals surface area contributed by atoms with Crippen molar-refractivity contribution in [3.8, 4) is 5.75 Å². The first-order valence-corrected chi connectivity index (χ1v) is 8.65. The molecular formula is C21H23NO3. The minimum absolute atomic E-state index is 0.0234. The lowest BCUT2D eigenvalue weighted by Gasteiger charge is -2.42. The van der Waals surface area contributed by atoms with Crippen LogP contribution in [0.25, 0.3) is 0 Å². The zero-order valence-electron chi connectivity index (χ0n) is 14.5. The van der Waals surface area contributed by atoms with Crippen molar-refractivity contribution in [3.63, 3.8) is 0 Å². The van der Waals surface area contributed by atoms with Crippen LogP contribution >= 0.6 is 0 Å². The Morgan fingerprint density at radius 2 is 1.84 bits per heavy atom. The molecule has 4 nitrogen and oxygen atoms in total. The van der Waals surface area contributed by atoms with Gasteiger partial charge in [-0.15, -0.1) is 0 Å². The van der Waals surface area contributed by atoms with E-state index in [2.05, 4.69) is 17.4 Å². The summed E-state index contributed by atoms with van der Waals surface area (Å²) in [5, 5.41) is 3.00. The van der Waals surface area contributed by atoms with Crippen LogP contribution < -0.4 is 10.1 Å². The van der Waals surface area contributed by atoms with E-state index >= 15 is 0 Å². The highest BCUT2D eigenvalue weighted by Crippen LogP contribution is 2.43. The van der Waals surface area contributed by atoms with Crippen LogP contribution in [0.1, 0.15) is 42.1 Å². The first-order chi connectivity index (χ1) is 12.1. The Kier molecular flexibility index (Phi) is 5.17. The molecule has 4 heteroatoms. The number of carbonyl (C=O) groups is 2. The van der Waals surface area contributed by atoms with Crippen LogP contribution in [0.2, 0.25) is 0 Å². The normalized spacial score (nSPS) is 15.1. The molecule has 0 atom stereocenters. The van der Waals surface area contributed by atoms with E-state index in [0.717, 1.165) is 12.8 Å². The summed E-state index contributed by atoms with van der Waals surface area (Å²) in [6.07, 6.45) is 3.39. The van der Waals surface area contributed by atoms with E-state index in [1.54, 1.807) is 24.3 Å². The van der Waals surface area contributed by atoms with E-state index in [1.165, 1.54) is 18.9 Å². The highest BCUT2D eigenvalue weighted by atomic mass is 16.5. The predicted octanol–water partition coefficient (Wildman–Crippen LogP) is 3.51. The summed E-state index contributed by atoms with van der Waals surface area (Å²) < 4.78 is 5.52. The van der Waals surface area contributed by atoms with E-state index in [-0.39, 0.29) is 23.7 Å². The second kappa shape index (κ2) is 7.51. The topological polar surface area (TPSA) is 55.4 Å². The van der Waals surface area contributed by atoms with Crippen molar-refractivity contribution in [1.29, 1.82) is 0 Å². The number of ether oxygens (including phenoxy) is 1. The SMILES string of the molecule is CC(=O)c1cccc(OCC(=O)NCC2(c3ccccc3)CCC2)c1. The van der Waals surface area contributed by atoms with Gasteiger partial charge in [-0.3, -0.25) is 9.59 Å². The summed E-state index contributed by atoms with van der Waals surface area (Å²) in [4.78, 5) is 23.5. The van der Waals surface area contributed by atoms with E-state index in [9.17, 15) is 9.59 Å². The van der Waals surface area contributed by atoms with Crippen LogP contribution in [0.4, 0.5) is 0 Å². The summed E-state index contributed by atoms with van der Waals surface area (Å²) in [6, 6.07) is 17.3. The largest absolute Gasteiger partial charge is 0.484 e. The number of rotatable bonds is 7. The molecule has 0 aliphatic heterocycles. The lowest BCUT2D eigenvalue weighted by molar-refractivity contribution is -0.123. The first kappa shape index (κ1) is 17.2. The zero-order valence-corrected chi connectivity index (χ0v) is 14.5. The predicted molar refractivity (Wildman–Crippen MR) is 96.9 cm³/mol. The van der Waals surface area contributed by atoms with Gasteiger partial charge in [-0.05, 0) is 37.5 Å². The van der Waals surface area contributed by atoms with Gasteiger partial charge >= 0.3 is 0 Å². The fourth-order valence-corrected chi connectivity index (χ4v) is 3.24. The van der Waals surface area contributed by atoms with Gasteiger partial charge in [-0.1, -0.05) is 48.9 Å². The fraction of sp³-hybridized carbons (Fsp3) is 0.333. The molecule has 0 aromatic heterocycles. The molecule has 0 spiro atoms. The zero-order chi connectivity index (χ0) is 17.7. The van der Waals surface area contributed by atoms with Gasteiger partial charge in [0.2, 0.25) is 0 Å². The van der Waals surface area contributed by atoms with Gasteiger partial charge < -0.3 is 10.1 Å². The number of benzene rings is 2. The van der Waals surface area contributed by atoms with E-state index < -0.39 is 0 Å². The molecule has 1 fully saturated rings. The maximum Gasteiger partial charge on any atom is 0.257 e. The third-order valence-corrected chi connectivity index (χ3v) is 4.93. The molecule has 0 heterocycles. The average Bonchev–Trinajstić information content (AvgIpc) is 2.60. The maximum absolute atomic E-state index is 12.2. The second-order valence-electron chi connectivity index (χ2n) is 6.65. The molecule has 1 amide bonds. The quantitative estimate of drug-likeness (QED) is 0.787. The van der Waals surface area contributed by atoms with Crippen LogP contribution in [0, 0.1) is 0 Å². The molecule has 0 bridgehead atoms. The Labute approximate surface area is 148 Å². The molecule has 0 unspecified atom stereocenters. The molecule has 1 aliphatic rings. The lowest BCUT2D eigenvalue weighted by Crippen LogP contribution is -2.46. The lowest BCUT2D eigenvalue weighted by atomic mass is 9.64. The molecule has 130 valence electrons. The minimum atomic E-state index is -0.143. The van der Waals surface area contributed by atoms with Gasteiger partial charge in [0.1, 0.15) is 5.75 Å². The van der Waals surface area contributed by atoms with E-state index in [4.69, 9.17) is 4.74 Å². The third kappa shape index (κ3) is 4.08. The molecule has 0 radical (unpaired) electrons. The van der Waals surface area contributed by atoms with Crippen molar-refractivity contribution in [2.24, 2.45) is 0 Å². The summed E-state index contributed by atoms with van der Waals surface area (Å²) in [5.41, 5.74) is 1.93. The molecule has 2 aromatic rings. The average molecular weight is 337 g/mol. The van der Waals surface area contributed by atoms with Gasteiger partial charge in [0.05, 0.1) is 0 Å². The van der Waals surface area contributed by atoms with Crippen molar-refractivity contribution in [2.45, 2.75) is 31.6 Å². The number of Topliss-reactive ketones (excluding diaryl/α,β-unsaturated/α-hetero) is 1. The van der Waals surface area contributed by atoms with Gasteiger partial charge in [-0.25, -0.2) is 0 Å². The van der Waals surface area contributed by atoms with Gasteiger partial charge in [-0.2, -0.15) is 0 Å². The Morgan fingerprint density at radius 1 is 1.08 bits per heavy atom. The van der Waals surface area contributed by atoms with Crippen LogP contribution in [0.5, 0.6) is 5.75 Å². The van der Waals surface area contributed by atoms with E-state index in [0.29, 0.717) is 17.9 Å². The van der Waals surface area contributed by atoms with Gasteiger partial charge in [0.25, 0.3) is 5.91 Å². The number of ketones is 1. The molecule has 1 saturated carbocycles. The molecular weight excluding hydrogens is 314 g/mol. The maximum atomic E-state index is 12.2. The Balaban J connectivity index is 1.53. The molecule has 2 aromatic carbocycles. The highest BCUT2D eigenvalue weighted by Gasteiger charge is 2.38. The highest BCUT2D eigenvalue weighted by molar-refractivity contribution is 5.94. The number of nitrogens with one attached hydrogen (secondary N) is 1. The van der Waals surface area contributed by atoms with Gasteiger partial charge in [0, 0.05) is 17.5 Å². The second-order valence-corrected chi connectivity index (χ2v) is 6.65. The summed E-state index contributed by atoms with van der Waals surface area (Å²) in [7, 11) is 0. The third-order valence-electron chi connectivity index (χ3n) is 4.93. The van der Waals surface area contributed by atoms with Crippen molar-refractivity contribution in [1.82, 2.24) is 5.32 Å². The standard InChI is InChI=1S/C21H23NO3/c1-16(23)17-7-5-10-19(13-17)25-14-20(24)22-15-21(11-6-12-21)18-8-3-2-4-9-18/h2-5,7-10,13H,6,11-12,14-15H2,1H3,(H,22,24). The molecule has 3 rings (SSSR count). The first-order valence-electron chi connectivity index (χ1n) is 8.65. The minimum Gasteiger partial charge on any atom is -0.484 e. The Bertz CT molecular complexity index is 751. The van der Waals surface area contributed by atoms with Crippen LogP contribution in [0.15, 0.2) is 54.6 Å². The fourth-order valence-electron chi connectivity index (χ4n) is 3.24. The molecule has 0 saturated heterocycles. The van der Waals surface area contributed by atoms with Crippen LogP contribution in [0.3, 0.4) is 0 Å². The van der Waals surface area contributed by atoms with E-state index in [1.807, 2.05) is 18.2 Å². The Hall–Kier alpha value is -2.62. The number of hydrogen-bond donors (Lipinski definition) is 1. The summed E-state index contributed by atoms with van der Waals surface area (Å²) >= 11 is 0. The molecule has 1 aliphatic carbocycles. The van der Waals surface area contributed by atoms with Crippen molar-refractivity contribution < 1.29 is 14.3 Å². The number of amides is 1.